The summed E-state index contributed by atoms with van der Waals surface area (Å²) in [7, 11) is 0. The first-order valence-corrected chi connectivity index (χ1v) is 7.38. The molecular formula is C15H24N2O. The smallest absolute Gasteiger partial charge is 0.224 e. The van der Waals surface area contributed by atoms with Gasteiger partial charge >= 0.3 is 0 Å². The molecule has 3 nitrogen and oxygen atoms in total. The quantitative estimate of drug-likeness (QED) is 0.816. The van der Waals surface area contributed by atoms with Gasteiger partial charge in [-0.25, -0.2) is 0 Å². The highest BCUT2D eigenvalue weighted by Crippen LogP contribution is 2.32. The summed E-state index contributed by atoms with van der Waals surface area (Å²) in [5, 5.41) is 12.5. The van der Waals surface area contributed by atoms with Crippen molar-refractivity contribution in [2.24, 2.45) is 11.8 Å². The lowest BCUT2D eigenvalue weighted by atomic mass is 9.77. The second-order valence-electron chi connectivity index (χ2n) is 6.20. The van der Waals surface area contributed by atoms with Gasteiger partial charge in [-0.3, -0.25) is 4.79 Å². The standard InChI is InChI=1S/C15H24N2O/c1-12-7-9-15(11-16,10-8-12)17-14(18)13-5-3-2-4-6-13/h12-13H,2-10H2,1H3,(H,17,18). The van der Waals surface area contributed by atoms with Gasteiger partial charge in [0.1, 0.15) is 5.54 Å². The Hall–Kier alpha value is -1.04. The van der Waals surface area contributed by atoms with Crippen LogP contribution in [-0.4, -0.2) is 11.4 Å². The second-order valence-corrected chi connectivity index (χ2v) is 6.20. The molecule has 1 amide bonds. The summed E-state index contributed by atoms with van der Waals surface area (Å²) in [6.45, 7) is 2.23. The summed E-state index contributed by atoms with van der Waals surface area (Å²) in [6, 6.07) is 2.38. The average molecular weight is 248 g/mol. The normalized spacial score (nSPS) is 33.7. The first-order chi connectivity index (χ1) is 8.65. The number of hydrogen-bond donors (Lipinski definition) is 1. The molecule has 1 N–H and O–H groups in total. The molecule has 0 atom stereocenters. The van der Waals surface area contributed by atoms with Gasteiger partial charge in [0.25, 0.3) is 0 Å². The lowest BCUT2D eigenvalue weighted by molar-refractivity contribution is -0.127. The zero-order valence-electron chi connectivity index (χ0n) is 11.4. The molecule has 2 rings (SSSR count). The van der Waals surface area contributed by atoms with E-state index in [0.29, 0.717) is 5.92 Å². The Bertz CT molecular complexity index is 331. The molecule has 0 heterocycles. The van der Waals surface area contributed by atoms with Crippen LogP contribution in [0.5, 0.6) is 0 Å². The predicted octanol–water partition coefficient (Wildman–Crippen LogP) is 3.16. The first kappa shape index (κ1) is 13.4. The molecule has 2 aliphatic carbocycles. The maximum atomic E-state index is 12.2. The van der Waals surface area contributed by atoms with Crippen molar-refractivity contribution in [1.29, 1.82) is 5.26 Å². The van der Waals surface area contributed by atoms with Crippen LogP contribution >= 0.6 is 0 Å². The van der Waals surface area contributed by atoms with Crippen LogP contribution in [0, 0.1) is 23.2 Å². The number of nitrogens with one attached hydrogen (secondary N) is 1. The molecule has 2 fully saturated rings. The Morgan fingerprint density at radius 3 is 2.33 bits per heavy atom. The molecule has 0 aromatic heterocycles. The van der Waals surface area contributed by atoms with E-state index in [-0.39, 0.29) is 11.8 Å². The lowest BCUT2D eigenvalue weighted by Gasteiger charge is -2.36. The number of carbonyl (C=O) groups is 1. The Morgan fingerprint density at radius 1 is 1.17 bits per heavy atom. The highest BCUT2D eigenvalue weighted by Gasteiger charge is 2.37. The van der Waals surface area contributed by atoms with E-state index in [4.69, 9.17) is 0 Å². The van der Waals surface area contributed by atoms with Crippen molar-refractivity contribution in [3.63, 3.8) is 0 Å². The largest absolute Gasteiger partial charge is 0.338 e. The second kappa shape index (κ2) is 5.73. The van der Waals surface area contributed by atoms with Crippen molar-refractivity contribution in [3.8, 4) is 6.07 Å². The molecule has 18 heavy (non-hydrogen) atoms. The summed E-state index contributed by atoms with van der Waals surface area (Å²) in [5.74, 6) is 0.979. The third-order valence-corrected chi connectivity index (χ3v) is 4.68. The molecule has 0 aromatic carbocycles. The summed E-state index contributed by atoms with van der Waals surface area (Å²) in [6.07, 6.45) is 9.34. The first-order valence-electron chi connectivity index (χ1n) is 7.38. The third-order valence-electron chi connectivity index (χ3n) is 4.68. The highest BCUT2D eigenvalue weighted by molar-refractivity contribution is 5.80. The summed E-state index contributed by atoms with van der Waals surface area (Å²) < 4.78 is 0. The van der Waals surface area contributed by atoms with Crippen LogP contribution in [0.25, 0.3) is 0 Å². The molecule has 0 aromatic rings. The molecule has 2 aliphatic rings. The summed E-state index contributed by atoms with van der Waals surface area (Å²) >= 11 is 0. The van der Waals surface area contributed by atoms with Gasteiger partial charge in [0.05, 0.1) is 6.07 Å². The molecule has 0 spiro atoms. The van der Waals surface area contributed by atoms with Crippen molar-refractivity contribution in [3.05, 3.63) is 0 Å². The Balaban J connectivity index is 1.93. The number of rotatable bonds is 2. The van der Waals surface area contributed by atoms with Crippen molar-refractivity contribution in [2.45, 2.75) is 70.3 Å². The molecule has 0 bridgehead atoms. The monoisotopic (exact) mass is 248 g/mol. The number of nitriles is 1. The van der Waals surface area contributed by atoms with Gasteiger partial charge in [-0.15, -0.1) is 0 Å². The summed E-state index contributed by atoms with van der Waals surface area (Å²) in [5.41, 5.74) is -0.568. The van der Waals surface area contributed by atoms with Crippen LogP contribution in [-0.2, 0) is 4.79 Å². The van der Waals surface area contributed by atoms with Crippen LogP contribution in [0.15, 0.2) is 0 Å². The van der Waals surface area contributed by atoms with Gasteiger partial charge in [0.2, 0.25) is 5.91 Å². The third kappa shape index (κ3) is 3.04. The fourth-order valence-corrected chi connectivity index (χ4v) is 3.22. The molecule has 0 radical (unpaired) electrons. The van der Waals surface area contributed by atoms with Gasteiger partial charge in [-0.1, -0.05) is 26.2 Å². The maximum absolute atomic E-state index is 12.2. The van der Waals surface area contributed by atoms with E-state index >= 15 is 0 Å². The average Bonchev–Trinajstić information content (AvgIpc) is 2.43. The SMILES string of the molecule is CC1CCC(C#N)(NC(=O)C2CCCCC2)CC1. The van der Waals surface area contributed by atoms with Crippen molar-refractivity contribution >= 4 is 5.91 Å². The fraction of sp³-hybridized carbons (Fsp3) is 0.867. The number of nitrogens with zero attached hydrogens (tertiary/aromatic N) is 1. The molecule has 0 aliphatic heterocycles. The zero-order valence-corrected chi connectivity index (χ0v) is 11.4. The van der Waals surface area contributed by atoms with Gasteiger partial charge in [-0.2, -0.15) is 5.26 Å². The van der Waals surface area contributed by atoms with Crippen LogP contribution in [0.2, 0.25) is 0 Å². The molecule has 0 unspecified atom stereocenters. The Kier molecular flexibility index (Phi) is 4.27. The van der Waals surface area contributed by atoms with Crippen molar-refractivity contribution in [1.82, 2.24) is 5.32 Å². The summed E-state index contributed by atoms with van der Waals surface area (Å²) in [4.78, 5) is 12.2. The van der Waals surface area contributed by atoms with Gasteiger partial charge in [0, 0.05) is 5.92 Å². The van der Waals surface area contributed by atoms with E-state index in [0.717, 1.165) is 51.4 Å². The number of amides is 1. The minimum Gasteiger partial charge on any atom is -0.338 e. The number of hydrogen-bond acceptors (Lipinski definition) is 2. The van der Waals surface area contributed by atoms with Crippen LogP contribution in [0.3, 0.4) is 0 Å². The van der Waals surface area contributed by atoms with Crippen molar-refractivity contribution < 1.29 is 4.79 Å². The molecule has 100 valence electrons. The molecular weight excluding hydrogens is 224 g/mol. The topological polar surface area (TPSA) is 52.9 Å². The van der Waals surface area contributed by atoms with E-state index in [9.17, 15) is 10.1 Å². The van der Waals surface area contributed by atoms with Gasteiger partial charge < -0.3 is 5.32 Å². The fourth-order valence-electron chi connectivity index (χ4n) is 3.22. The Morgan fingerprint density at radius 2 is 1.78 bits per heavy atom. The van der Waals surface area contributed by atoms with E-state index in [1.165, 1.54) is 6.42 Å². The van der Waals surface area contributed by atoms with Crippen LogP contribution in [0.4, 0.5) is 0 Å². The Labute approximate surface area is 110 Å². The van der Waals surface area contributed by atoms with Crippen LogP contribution in [0.1, 0.15) is 64.7 Å². The minimum atomic E-state index is -0.568. The molecule has 3 heteroatoms. The zero-order chi connectivity index (χ0) is 13.0. The van der Waals surface area contributed by atoms with E-state index < -0.39 is 5.54 Å². The van der Waals surface area contributed by atoms with E-state index in [2.05, 4.69) is 18.3 Å². The number of carbonyl (C=O) groups excluding carboxylic acids is 1. The van der Waals surface area contributed by atoms with Gasteiger partial charge in [-0.05, 0) is 44.4 Å². The molecule has 0 saturated heterocycles. The van der Waals surface area contributed by atoms with Gasteiger partial charge in [0.15, 0.2) is 0 Å². The van der Waals surface area contributed by atoms with E-state index in [1.54, 1.807) is 0 Å². The van der Waals surface area contributed by atoms with E-state index in [1.807, 2.05) is 0 Å². The van der Waals surface area contributed by atoms with Crippen molar-refractivity contribution in [2.75, 3.05) is 0 Å². The van der Waals surface area contributed by atoms with Crippen LogP contribution < -0.4 is 5.32 Å². The highest BCUT2D eigenvalue weighted by atomic mass is 16.2. The maximum Gasteiger partial charge on any atom is 0.224 e. The minimum absolute atomic E-state index is 0.130. The predicted molar refractivity (Wildman–Crippen MR) is 70.7 cm³/mol. The lowest BCUT2D eigenvalue weighted by Crippen LogP contribution is -2.51. The molecule has 2 saturated carbocycles.